The van der Waals surface area contributed by atoms with E-state index in [1.165, 1.54) is 23.1 Å². The van der Waals surface area contributed by atoms with Crippen LogP contribution >= 0.6 is 23.1 Å². The number of thioether (sulfide) groups is 1. The van der Waals surface area contributed by atoms with Gasteiger partial charge in [-0.25, -0.2) is 0 Å². The first-order valence-corrected chi connectivity index (χ1v) is 10.3. The molecule has 0 spiro atoms. The van der Waals surface area contributed by atoms with Gasteiger partial charge in [-0.3, -0.25) is 0 Å². The molecule has 2 heterocycles. The molecule has 0 saturated carbocycles. The normalized spacial score (nSPS) is 10.8. The highest BCUT2D eigenvalue weighted by atomic mass is 32.2. The van der Waals surface area contributed by atoms with Crippen LogP contribution in [0.4, 0.5) is 10.8 Å². The minimum Gasteiger partial charge on any atom is -0.497 e. The van der Waals surface area contributed by atoms with Crippen molar-refractivity contribution in [1.82, 2.24) is 20.3 Å². The fourth-order valence-electron chi connectivity index (χ4n) is 2.49. The lowest BCUT2D eigenvalue weighted by molar-refractivity contribution is 0.391. The molecule has 0 saturated heterocycles. The number of hydrogen-bond acceptors (Lipinski definition) is 9. The number of methoxy groups -OCH3 is 1. The predicted octanol–water partition coefficient (Wildman–Crippen LogP) is 4.94. The molecule has 4 rings (SSSR count). The quantitative estimate of drug-likeness (QED) is 0.428. The second-order valence-corrected chi connectivity index (χ2v) is 8.04. The summed E-state index contributed by atoms with van der Waals surface area (Å²) in [6.07, 6.45) is 0. The van der Waals surface area contributed by atoms with Gasteiger partial charge in [-0.05, 0) is 36.8 Å². The van der Waals surface area contributed by atoms with Crippen molar-refractivity contribution in [2.45, 2.75) is 17.0 Å². The molecule has 0 aliphatic rings. The van der Waals surface area contributed by atoms with Crippen molar-refractivity contribution in [2.75, 3.05) is 12.4 Å². The average Bonchev–Trinajstić information content (AvgIpc) is 3.37. The van der Waals surface area contributed by atoms with E-state index >= 15 is 0 Å². The predicted molar refractivity (Wildman–Crippen MR) is 110 cm³/mol. The molecule has 7 nitrogen and oxygen atoms in total. The summed E-state index contributed by atoms with van der Waals surface area (Å²) in [6, 6.07) is 15.6. The first kappa shape index (κ1) is 18.5. The Morgan fingerprint density at radius 3 is 2.71 bits per heavy atom. The summed E-state index contributed by atoms with van der Waals surface area (Å²) in [5.74, 6) is 2.51. The van der Waals surface area contributed by atoms with Crippen LogP contribution < -0.4 is 10.1 Å². The maximum atomic E-state index is 5.37. The third-order valence-electron chi connectivity index (χ3n) is 3.92. The average molecular weight is 412 g/mol. The Morgan fingerprint density at radius 2 is 1.93 bits per heavy atom. The SMILES string of the molecule is COc1ccc(Nc2nnc(SCc3nc(-c4ccccc4C)no3)s2)cc1. The van der Waals surface area contributed by atoms with Crippen LogP contribution in [0.5, 0.6) is 5.75 Å². The van der Waals surface area contributed by atoms with Crippen LogP contribution in [0.3, 0.4) is 0 Å². The van der Waals surface area contributed by atoms with E-state index in [2.05, 4.69) is 25.7 Å². The van der Waals surface area contributed by atoms with Gasteiger partial charge in [-0.1, -0.05) is 52.5 Å². The fraction of sp³-hybridized carbons (Fsp3) is 0.158. The molecule has 4 aromatic rings. The van der Waals surface area contributed by atoms with Crippen molar-refractivity contribution in [1.29, 1.82) is 0 Å². The van der Waals surface area contributed by atoms with E-state index in [1.807, 2.05) is 55.5 Å². The van der Waals surface area contributed by atoms with Gasteiger partial charge in [0.2, 0.25) is 16.8 Å². The molecule has 2 aromatic carbocycles. The molecule has 0 radical (unpaired) electrons. The summed E-state index contributed by atoms with van der Waals surface area (Å²) in [4.78, 5) is 4.48. The van der Waals surface area contributed by atoms with Gasteiger partial charge in [0.1, 0.15) is 5.75 Å². The van der Waals surface area contributed by atoms with Crippen molar-refractivity contribution in [3.63, 3.8) is 0 Å². The Kier molecular flexibility index (Phi) is 5.54. The monoisotopic (exact) mass is 411 g/mol. The second-order valence-electron chi connectivity index (χ2n) is 5.84. The molecule has 0 bridgehead atoms. The molecule has 0 fully saturated rings. The maximum absolute atomic E-state index is 5.37. The summed E-state index contributed by atoms with van der Waals surface area (Å²) in [5, 5.41) is 16.4. The van der Waals surface area contributed by atoms with Crippen molar-refractivity contribution in [2.24, 2.45) is 0 Å². The van der Waals surface area contributed by atoms with Crippen LogP contribution in [0.15, 0.2) is 57.4 Å². The van der Waals surface area contributed by atoms with Gasteiger partial charge in [0.15, 0.2) is 4.34 Å². The lowest BCUT2D eigenvalue weighted by Crippen LogP contribution is -1.89. The Hall–Kier alpha value is -2.91. The Bertz CT molecular complexity index is 1060. The first-order chi connectivity index (χ1) is 13.7. The summed E-state index contributed by atoms with van der Waals surface area (Å²) < 4.78 is 11.4. The van der Waals surface area contributed by atoms with E-state index in [4.69, 9.17) is 9.26 Å². The van der Waals surface area contributed by atoms with Crippen molar-refractivity contribution in [3.8, 4) is 17.1 Å². The number of nitrogens with one attached hydrogen (secondary N) is 1. The smallest absolute Gasteiger partial charge is 0.237 e. The van der Waals surface area contributed by atoms with E-state index in [0.29, 0.717) is 17.5 Å². The summed E-state index contributed by atoms with van der Waals surface area (Å²) in [6.45, 7) is 2.03. The van der Waals surface area contributed by atoms with Gasteiger partial charge < -0.3 is 14.6 Å². The highest BCUT2D eigenvalue weighted by Crippen LogP contribution is 2.30. The number of nitrogens with zero attached hydrogens (tertiary/aromatic N) is 4. The van der Waals surface area contributed by atoms with Crippen molar-refractivity contribution in [3.05, 3.63) is 60.0 Å². The number of aryl methyl sites for hydroxylation is 1. The van der Waals surface area contributed by atoms with Crippen LogP contribution in [-0.4, -0.2) is 27.4 Å². The number of anilines is 2. The lowest BCUT2D eigenvalue weighted by Gasteiger charge is -2.03. The molecule has 28 heavy (non-hydrogen) atoms. The van der Waals surface area contributed by atoms with Crippen LogP contribution in [0.25, 0.3) is 11.4 Å². The zero-order chi connectivity index (χ0) is 19.3. The van der Waals surface area contributed by atoms with Crippen LogP contribution in [-0.2, 0) is 5.75 Å². The third-order valence-corrected chi connectivity index (χ3v) is 5.88. The molecular formula is C19H17N5O2S2. The standard InChI is InChI=1S/C19H17N5O2S2/c1-12-5-3-4-6-15(12)17-21-16(26-24-17)11-27-19-23-22-18(28-19)20-13-7-9-14(25-2)10-8-13/h3-10H,11H2,1-2H3,(H,20,22). The van der Waals surface area contributed by atoms with Crippen molar-refractivity contribution >= 4 is 33.9 Å². The van der Waals surface area contributed by atoms with Crippen molar-refractivity contribution < 1.29 is 9.26 Å². The molecule has 1 N–H and O–H groups in total. The van der Waals surface area contributed by atoms with Gasteiger partial charge in [-0.15, -0.1) is 10.2 Å². The van der Waals surface area contributed by atoms with Gasteiger partial charge in [0.25, 0.3) is 0 Å². The minimum atomic E-state index is 0.538. The van der Waals surface area contributed by atoms with E-state index in [9.17, 15) is 0 Å². The zero-order valence-electron chi connectivity index (χ0n) is 15.2. The van der Waals surface area contributed by atoms with Gasteiger partial charge in [0, 0.05) is 11.3 Å². The molecule has 2 aromatic heterocycles. The molecule has 0 atom stereocenters. The summed E-state index contributed by atoms with van der Waals surface area (Å²) >= 11 is 2.98. The molecule has 0 aliphatic carbocycles. The lowest BCUT2D eigenvalue weighted by atomic mass is 10.1. The van der Waals surface area contributed by atoms with Gasteiger partial charge in [0.05, 0.1) is 12.9 Å². The highest BCUT2D eigenvalue weighted by Gasteiger charge is 2.12. The molecule has 9 heteroatoms. The number of benzene rings is 2. The van der Waals surface area contributed by atoms with E-state index in [1.54, 1.807) is 7.11 Å². The topological polar surface area (TPSA) is 86.0 Å². The maximum Gasteiger partial charge on any atom is 0.237 e. The number of ether oxygens (including phenoxy) is 1. The summed E-state index contributed by atoms with van der Waals surface area (Å²) in [5.41, 5.74) is 3.01. The van der Waals surface area contributed by atoms with E-state index in [-0.39, 0.29) is 0 Å². The zero-order valence-corrected chi connectivity index (χ0v) is 16.9. The van der Waals surface area contributed by atoms with E-state index in [0.717, 1.165) is 32.0 Å². The molecule has 0 amide bonds. The fourth-order valence-corrected chi connectivity index (χ4v) is 4.10. The summed E-state index contributed by atoms with van der Waals surface area (Å²) in [7, 11) is 1.64. The number of aromatic nitrogens is 4. The Labute approximate surface area is 170 Å². The molecule has 142 valence electrons. The van der Waals surface area contributed by atoms with Gasteiger partial charge in [-0.2, -0.15) is 4.98 Å². The molecule has 0 unspecified atom stereocenters. The van der Waals surface area contributed by atoms with Gasteiger partial charge >= 0.3 is 0 Å². The number of rotatable bonds is 7. The third kappa shape index (κ3) is 4.32. The highest BCUT2D eigenvalue weighted by molar-refractivity contribution is 8.00. The van der Waals surface area contributed by atoms with Crippen LogP contribution in [0, 0.1) is 6.92 Å². The second kappa shape index (κ2) is 8.41. The Morgan fingerprint density at radius 1 is 1.11 bits per heavy atom. The minimum absolute atomic E-state index is 0.538. The van der Waals surface area contributed by atoms with Crippen LogP contribution in [0.1, 0.15) is 11.5 Å². The van der Waals surface area contributed by atoms with Crippen LogP contribution in [0.2, 0.25) is 0 Å². The Balaban J connectivity index is 1.36. The largest absolute Gasteiger partial charge is 0.497 e. The first-order valence-electron chi connectivity index (χ1n) is 8.47. The molecule has 0 aliphatic heterocycles. The molecular weight excluding hydrogens is 394 g/mol. The number of hydrogen-bond donors (Lipinski definition) is 1. The van der Waals surface area contributed by atoms with E-state index < -0.39 is 0 Å².